The summed E-state index contributed by atoms with van der Waals surface area (Å²) in [6.45, 7) is 6.10. The van der Waals surface area contributed by atoms with Crippen LogP contribution in [0.25, 0.3) is 16.8 Å². The van der Waals surface area contributed by atoms with Crippen molar-refractivity contribution in [3.63, 3.8) is 0 Å². The molecule has 3 heterocycles. The third kappa shape index (κ3) is 3.81. The van der Waals surface area contributed by atoms with E-state index in [2.05, 4.69) is 20.4 Å². The molecular weight excluding hydrogens is 410 g/mol. The zero-order valence-electron chi connectivity index (χ0n) is 16.0. The molecule has 1 amide bonds. The fourth-order valence-corrected chi connectivity index (χ4v) is 3.75. The van der Waals surface area contributed by atoms with Crippen molar-refractivity contribution in [2.45, 2.75) is 26.2 Å². The van der Waals surface area contributed by atoms with Crippen molar-refractivity contribution >= 4 is 40.2 Å². The maximum atomic E-state index is 12.5. The Labute approximate surface area is 175 Å². The molecule has 9 heteroatoms. The van der Waals surface area contributed by atoms with Gasteiger partial charge >= 0.3 is 0 Å². The van der Waals surface area contributed by atoms with E-state index in [0.29, 0.717) is 20.7 Å². The molecule has 148 valence electrons. The van der Waals surface area contributed by atoms with E-state index in [0.717, 1.165) is 28.2 Å². The molecule has 0 unspecified atom stereocenters. The number of aromatic amines is 1. The van der Waals surface area contributed by atoms with Gasteiger partial charge in [0.15, 0.2) is 4.47 Å². The maximum Gasteiger partial charge on any atom is 0.274 e. The molecule has 29 heavy (non-hydrogen) atoms. The van der Waals surface area contributed by atoms with Crippen LogP contribution < -0.4 is 10.9 Å². The molecule has 0 fully saturated rings. The SMILES string of the molecule is CC(C)(C)c1cc(=O)n2ncc(-c3cccc(NC(=O)c4cnc(Cl)s4)c3)c2[nH]1. The fraction of sp³-hybridized carbons (Fsp3) is 0.200. The number of benzene rings is 1. The van der Waals surface area contributed by atoms with Gasteiger partial charge < -0.3 is 10.3 Å². The van der Waals surface area contributed by atoms with E-state index in [4.69, 9.17) is 11.6 Å². The molecule has 0 aliphatic heterocycles. The number of H-pyrrole nitrogens is 1. The van der Waals surface area contributed by atoms with Crippen molar-refractivity contribution in [2.24, 2.45) is 0 Å². The standard InChI is InChI=1S/C20H18ClN5O2S/c1-20(2,3)15-8-16(27)26-17(25-15)13(9-23-26)11-5-4-6-12(7-11)24-18(28)14-10-22-19(21)29-14/h4-10,25H,1-3H3,(H,24,28). The second-order valence-corrected chi connectivity index (χ2v) is 9.22. The highest BCUT2D eigenvalue weighted by Gasteiger charge is 2.19. The van der Waals surface area contributed by atoms with Crippen molar-refractivity contribution in [1.82, 2.24) is 19.6 Å². The molecule has 1 aromatic carbocycles. The van der Waals surface area contributed by atoms with E-state index in [1.807, 2.05) is 39.0 Å². The summed E-state index contributed by atoms with van der Waals surface area (Å²) in [6.07, 6.45) is 3.08. The van der Waals surface area contributed by atoms with Crippen LogP contribution in [-0.2, 0) is 5.41 Å². The zero-order valence-corrected chi connectivity index (χ0v) is 17.6. The van der Waals surface area contributed by atoms with Gasteiger partial charge in [-0.05, 0) is 17.7 Å². The summed E-state index contributed by atoms with van der Waals surface area (Å²) in [4.78, 5) is 32.5. The Morgan fingerprint density at radius 3 is 2.72 bits per heavy atom. The second kappa shape index (κ2) is 7.13. The highest BCUT2D eigenvalue weighted by molar-refractivity contribution is 7.17. The number of halogens is 1. The van der Waals surface area contributed by atoms with Gasteiger partial charge in [0.05, 0.1) is 12.4 Å². The van der Waals surface area contributed by atoms with Crippen molar-refractivity contribution in [2.75, 3.05) is 5.32 Å². The minimum absolute atomic E-state index is 0.193. The van der Waals surface area contributed by atoms with E-state index in [9.17, 15) is 9.59 Å². The van der Waals surface area contributed by atoms with Crippen LogP contribution in [0.1, 0.15) is 36.1 Å². The lowest BCUT2D eigenvalue weighted by atomic mass is 9.92. The van der Waals surface area contributed by atoms with Gasteiger partial charge in [-0.1, -0.05) is 55.8 Å². The number of nitrogens with one attached hydrogen (secondary N) is 2. The van der Waals surface area contributed by atoms with Crippen LogP contribution in [-0.4, -0.2) is 25.5 Å². The smallest absolute Gasteiger partial charge is 0.274 e. The average Bonchev–Trinajstić information content (AvgIpc) is 3.28. The van der Waals surface area contributed by atoms with E-state index in [-0.39, 0.29) is 16.9 Å². The number of amides is 1. The third-order valence-electron chi connectivity index (χ3n) is 4.44. The Kier molecular flexibility index (Phi) is 4.76. The summed E-state index contributed by atoms with van der Waals surface area (Å²) in [6, 6.07) is 8.93. The average molecular weight is 428 g/mol. The Morgan fingerprint density at radius 1 is 1.24 bits per heavy atom. The van der Waals surface area contributed by atoms with Crippen LogP contribution in [0.3, 0.4) is 0 Å². The van der Waals surface area contributed by atoms with Gasteiger partial charge in [0.2, 0.25) is 0 Å². The van der Waals surface area contributed by atoms with Crippen molar-refractivity contribution in [1.29, 1.82) is 0 Å². The third-order valence-corrected chi connectivity index (χ3v) is 5.55. The molecule has 0 bridgehead atoms. The van der Waals surface area contributed by atoms with Gasteiger partial charge in [-0.15, -0.1) is 0 Å². The van der Waals surface area contributed by atoms with Crippen LogP contribution >= 0.6 is 22.9 Å². The van der Waals surface area contributed by atoms with E-state index < -0.39 is 0 Å². The van der Waals surface area contributed by atoms with Gasteiger partial charge in [-0.3, -0.25) is 9.59 Å². The number of carbonyl (C=O) groups excluding carboxylic acids is 1. The maximum absolute atomic E-state index is 12.5. The predicted octanol–water partition coefficient (Wildman–Crippen LogP) is 4.35. The Balaban J connectivity index is 1.73. The number of hydrogen-bond acceptors (Lipinski definition) is 5. The summed E-state index contributed by atoms with van der Waals surface area (Å²) in [5.41, 5.74) is 3.23. The lowest BCUT2D eigenvalue weighted by molar-refractivity contribution is 0.103. The first-order valence-electron chi connectivity index (χ1n) is 8.87. The quantitative estimate of drug-likeness (QED) is 0.508. The molecule has 0 aliphatic carbocycles. The lowest BCUT2D eigenvalue weighted by Crippen LogP contribution is -2.22. The molecule has 0 radical (unpaired) electrons. The fourth-order valence-electron chi connectivity index (χ4n) is 2.91. The van der Waals surface area contributed by atoms with Gasteiger partial charge in [0.25, 0.3) is 11.5 Å². The Morgan fingerprint density at radius 2 is 2.03 bits per heavy atom. The summed E-state index contributed by atoms with van der Waals surface area (Å²) in [7, 11) is 0. The van der Waals surface area contributed by atoms with Crippen LogP contribution in [0, 0.1) is 0 Å². The number of rotatable bonds is 3. The molecule has 4 aromatic rings. The summed E-state index contributed by atoms with van der Waals surface area (Å²) >= 11 is 6.92. The molecule has 2 N–H and O–H groups in total. The molecule has 7 nitrogen and oxygen atoms in total. The number of aromatic nitrogens is 4. The number of carbonyl (C=O) groups is 1. The molecule has 0 saturated heterocycles. The zero-order chi connectivity index (χ0) is 20.8. The van der Waals surface area contributed by atoms with Gasteiger partial charge in [-0.2, -0.15) is 9.61 Å². The largest absolute Gasteiger partial charge is 0.342 e. The number of hydrogen-bond donors (Lipinski definition) is 2. The first-order chi connectivity index (χ1) is 13.7. The van der Waals surface area contributed by atoms with Crippen LogP contribution in [0.5, 0.6) is 0 Å². The molecule has 0 saturated carbocycles. The predicted molar refractivity (Wildman–Crippen MR) is 115 cm³/mol. The second-order valence-electron chi connectivity index (χ2n) is 7.60. The van der Waals surface area contributed by atoms with Crippen molar-refractivity contribution < 1.29 is 4.79 Å². The summed E-state index contributed by atoms with van der Waals surface area (Å²) < 4.78 is 1.66. The number of thiazole rings is 1. The molecule has 4 rings (SSSR count). The van der Waals surface area contributed by atoms with E-state index >= 15 is 0 Å². The lowest BCUT2D eigenvalue weighted by Gasteiger charge is -2.18. The monoisotopic (exact) mass is 427 g/mol. The van der Waals surface area contributed by atoms with Crippen molar-refractivity contribution in [3.05, 3.63) is 68.1 Å². The molecule has 0 atom stereocenters. The molecule has 0 spiro atoms. The summed E-state index contributed by atoms with van der Waals surface area (Å²) in [5.74, 6) is -0.283. The normalized spacial score (nSPS) is 11.7. The minimum Gasteiger partial charge on any atom is -0.342 e. The number of fused-ring (bicyclic) bond motifs is 1. The Hall–Kier alpha value is -2.97. The first kappa shape index (κ1) is 19.4. The first-order valence-corrected chi connectivity index (χ1v) is 10.1. The highest BCUT2D eigenvalue weighted by atomic mass is 35.5. The highest BCUT2D eigenvalue weighted by Crippen LogP contribution is 2.28. The topological polar surface area (TPSA) is 92.2 Å². The van der Waals surface area contributed by atoms with Crippen molar-refractivity contribution in [3.8, 4) is 11.1 Å². The summed E-state index contributed by atoms with van der Waals surface area (Å²) in [5, 5.41) is 7.07. The number of nitrogens with zero attached hydrogens (tertiary/aromatic N) is 3. The Bertz CT molecular complexity index is 1280. The van der Waals surface area contributed by atoms with Gasteiger partial charge in [0, 0.05) is 28.4 Å². The van der Waals surface area contributed by atoms with Crippen LogP contribution in [0.15, 0.2) is 47.5 Å². The van der Waals surface area contributed by atoms with E-state index in [1.54, 1.807) is 18.3 Å². The van der Waals surface area contributed by atoms with Crippen LogP contribution in [0.2, 0.25) is 4.47 Å². The molecule has 3 aromatic heterocycles. The molecular formula is C20H18ClN5O2S. The minimum atomic E-state index is -0.283. The van der Waals surface area contributed by atoms with E-state index in [1.165, 1.54) is 10.7 Å². The van der Waals surface area contributed by atoms with Crippen LogP contribution in [0.4, 0.5) is 5.69 Å². The van der Waals surface area contributed by atoms with Gasteiger partial charge in [0.1, 0.15) is 10.5 Å². The van der Waals surface area contributed by atoms with Gasteiger partial charge in [-0.25, -0.2) is 4.98 Å². The number of anilines is 1. The molecule has 0 aliphatic rings.